The summed E-state index contributed by atoms with van der Waals surface area (Å²) in [5.41, 5.74) is 3.32. The Morgan fingerprint density at radius 2 is 1.70 bits per heavy atom. The van der Waals surface area contributed by atoms with Crippen LogP contribution in [-0.4, -0.2) is 10.9 Å². The van der Waals surface area contributed by atoms with Gasteiger partial charge in [-0.1, -0.05) is 36.4 Å². The average molecular weight is 354 g/mol. The minimum Gasteiger partial charge on any atom is -0.489 e. The number of carbonyl (C=O) groups excluding carboxylic acids is 1. The van der Waals surface area contributed by atoms with Crippen molar-refractivity contribution in [1.82, 2.24) is 4.98 Å². The summed E-state index contributed by atoms with van der Waals surface area (Å²) in [5.74, 6) is 0.569. The summed E-state index contributed by atoms with van der Waals surface area (Å²) in [6.07, 6.45) is 1.75. The molecule has 1 heterocycles. The van der Waals surface area contributed by atoms with Gasteiger partial charge in [-0.25, -0.2) is 0 Å². The van der Waals surface area contributed by atoms with Crippen LogP contribution in [0.4, 0.5) is 5.69 Å². The molecule has 0 spiro atoms. The molecule has 27 heavy (non-hydrogen) atoms. The molecule has 4 heteroatoms. The number of nitrogens with one attached hydrogen (secondary N) is 1. The number of hydrogen-bond acceptors (Lipinski definition) is 3. The topological polar surface area (TPSA) is 51.2 Å². The molecule has 0 bridgehead atoms. The van der Waals surface area contributed by atoms with Gasteiger partial charge in [-0.15, -0.1) is 0 Å². The Morgan fingerprint density at radius 3 is 2.52 bits per heavy atom. The fraction of sp³-hybridized carbons (Fsp3) is 0.0435. The number of aromatic nitrogens is 1. The lowest BCUT2D eigenvalue weighted by molar-refractivity contribution is 0.102. The van der Waals surface area contributed by atoms with Crippen LogP contribution < -0.4 is 10.1 Å². The van der Waals surface area contributed by atoms with Crippen molar-refractivity contribution in [2.75, 3.05) is 5.32 Å². The van der Waals surface area contributed by atoms with Gasteiger partial charge in [0.2, 0.25) is 0 Å². The summed E-state index contributed by atoms with van der Waals surface area (Å²) in [6.45, 7) is 0.498. The largest absolute Gasteiger partial charge is 0.489 e. The van der Waals surface area contributed by atoms with Crippen LogP contribution in [0, 0.1) is 0 Å². The maximum Gasteiger partial charge on any atom is 0.255 e. The summed E-state index contributed by atoms with van der Waals surface area (Å²) in [5, 5.41) is 3.91. The molecule has 4 rings (SSSR count). The van der Waals surface area contributed by atoms with Gasteiger partial charge in [0, 0.05) is 22.8 Å². The van der Waals surface area contributed by atoms with Crippen molar-refractivity contribution in [1.29, 1.82) is 0 Å². The normalized spacial score (nSPS) is 10.5. The molecule has 4 aromatic rings. The molecule has 0 saturated carbocycles. The average Bonchev–Trinajstić information content (AvgIpc) is 2.73. The van der Waals surface area contributed by atoms with Crippen LogP contribution >= 0.6 is 0 Å². The van der Waals surface area contributed by atoms with Gasteiger partial charge in [-0.2, -0.15) is 0 Å². The van der Waals surface area contributed by atoms with E-state index in [9.17, 15) is 4.79 Å². The first-order valence-corrected chi connectivity index (χ1v) is 8.71. The van der Waals surface area contributed by atoms with E-state index < -0.39 is 0 Å². The van der Waals surface area contributed by atoms with Crippen molar-refractivity contribution in [3.8, 4) is 5.75 Å². The van der Waals surface area contributed by atoms with E-state index in [-0.39, 0.29) is 5.91 Å². The van der Waals surface area contributed by atoms with E-state index in [2.05, 4.69) is 10.3 Å². The zero-order valence-electron chi connectivity index (χ0n) is 14.6. The number of nitrogens with zero attached hydrogens (tertiary/aromatic N) is 1. The van der Waals surface area contributed by atoms with E-state index in [0.717, 1.165) is 27.9 Å². The highest BCUT2D eigenvalue weighted by Gasteiger charge is 2.07. The second-order valence-electron chi connectivity index (χ2n) is 6.16. The third-order valence-corrected chi connectivity index (χ3v) is 4.23. The number of pyridine rings is 1. The molecule has 0 atom stereocenters. The van der Waals surface area contributed by atoms with Gasteiger partial charge in [0.1, 0.15) is 12.4 Å². The van der Waals surface area contributed by atoms with Gasteiger partial charge >= 0.3 is 0 Å². The number of anilines is 1. The van der Waals surface area contributed by atoms with Crippen molar-refractivity contribution in [2.45, 2.75) is 6.61 Å². The number of hydrogen-bond donors (Lipinski definition) is 1. The Balaban J connectivity index is 1.41. The smallest absolute Gasteiger partial charge is 0.255 e. The Kier molecular flexibility index (Phi) is 4.79. The summed E-state index contributed by atoms with van der Waals surface area (Å²) in [6, 6.07) is 26.6. The molecule has 1 aromatic heterocycles. The number of carbonyl (C=O) groups is 1. The zero-order valence-corrected chi connectivity index (χ0v) is 14.6. The summed E-state index contributed by atoms with van der Waals surface area (Å²) >= 11 is 0. The van der Waals surface area contributed by atoms with Gasteiger partial charge in [-0.05, 0) is 54.1 Å². The highest BCUT2D eigenvalue weighted by atomic mass is 16.5. The summed E-state index contributed by atoms with van der Waals surface area (Å²) < 4.78 is 5.75. The van der Waals surface area contributed by atoms with Crippen molar-refractivity contribution in [2.24, 2.45) is 0 Å². The van der Waals surface area contributed by atoms with Crippen LogP contribution in [0.25, 0.3) is 10.9 Å². The van der Waals surface area contributed by atoms with Crippen molar-refractivity contribution in [3.05, 3.63) is 102 Å². The van der Waals surface area contributed by atoms with E-state index in [4.69, 9.17) is 4.74 Å². The van der Waals surface area contributed by atoms with Gasteiger partial charge in [0.15, 0.2) is 0 Å². The predicted octanol–water partition coefficient (Wildman–Crippen LogP) is 5.07. The Bertz CT molecular complexity index is 1060. The van der Waals surface area contributed by atoms with Crippen molar-refractivity contribution >= 4 is 22.5 Å². The number of fused-ring (bicyclic) bond motifs is 1. The van der Waals surface area contributed by atoms with Crippen molar-refractivity contribution in [3.63, 3.8) is 0 Å². The van der Waals surface area contributed by atoms with Gasteiger partial charge in [0.05, 0.1) is 5.52 Å². The number of benzene rings is 3. The minimum absolute atomic E-state index is 0.159. The molecule has 0 radical (unpaired) electrons. The SMILES string of the molecule is O=C(Nc1ccc2ncccc2c1)c1ccc(OCc2ccccc2)cc1. The third-order valence-electron chi connectivity index (χ3n) is 4.23. The maximum atomic E-state index is 12.5. The van der Waals surface area contributed by atoms with Crippen LogP contribution in [0.1, 0.15) is 15.9 Å². The first-order chi connectivity index (χ1) is 13.3. The van der Waals surface area contributed by atoms with Crippen LogP contribution in [0.3, 0.4) is 0 Å². The second kappa shape index (κ2) is 7.70. The Morgan fingerprint density at radius 1 is 0.889 bits per heavy atom. The predicted molar refractivity (Wildman–Crippen MR) is 107 cm³/mol. The first-order valence-electron chi connectivity index (χ1n) is 8.71. The molecule has 0 fully saturated rings. The lowest BCUT2D eigenvalue weighted by Crippen LogP contribution is -2.11. The van der Waals surface area contributed by atoms with E-state index in [0.29, 0.717) is 12.2 Å². The van der Waals surface area contributed by atoms with Crippen LogP contribution in [0.5, 0.6) is 5.75 Å². The summed E-state index contributed by atoms with van der Waals surface area (Å²) in [4.78, 5) is 16.8. The molecule has 0 aliphatic carbocycles. The maximum absolute atomic E-state index is 12.5. The quantitative estimate of drug-likeness (QED) is 0.545. The highest BCUT2D eigenvalue weighted by molar-refractivity contribution is 6.05. The highest BCUT2D eigenvalue weighted by Crippen LogP contribution is 2.19. The van der Waals surface area contributed by atoms with Crippen LogP contribution in [0.2, 0.25) is 0 Å². The molecule has 0 unspecified atom stereocenters. The molecular weight excluding hydrogens is 336 g/mol. The second-order valence-corrected chi connectivity index (χ2v) is 6.16. The standard InChI is InChI=1S/C23H18N2O2/c26-23(25-20-10-13-22-19(15-20)7-4-14-24-22)18-8-11-21(12-9-18)27-16-17-5-2-1-3-6-17/h1-15H,16H2,(H,25,26). The lowest BCUT2D eigenvalue weighted by Gasteiger charge is -2.09. The van der Waals surface area contributed by atoms with E-state index in [1.54, 1.807) is 18.3 Å². The molecule has 0 saturated heterocycles. The van der Waals surface area contributed by atoms with Crippen LogP contribution in [-0.2, 0) is 6.61 Å². The third kappa shape index (κ3) is 4.12. The molecule has 3 aromatic carbocycles. The molecule has 132 valence electrons. The number of rotatable bonds is 5. The zero-order chi connectivity index (χ0) is 18.5. The molecule has 0 aliphatic rings. The first kappa shape index (κ1) is 16.8. The fourth-order valence-corrected chi connectivity index (χ4v) is 2.80. The lowest BCUT2D eigenvalue weighted by atomic mass is 10.1. The molecular formula is C23H18N2O2. The van der Waals surface area contributed by atoms with Gasteiger partial charge in [0.25, 0.3) is 5.91 Å². The molecule has 1 N–H and O–H groups in total. The monoisotopic (exact) mass is 354 g/mol. The minimum atomic E-state index is -0.159. The molecule has 4 nitrogen and oxygen atoms in total. The Labute approximate surface area is 157 Å². The molecule has 0 aliphatic heterocycles. The van der Waals surface area contributed by atoms with Crippen LogP contribution in [0.15, 0.2) is 91.1 Å². The van der Waals surface area contributed by atoms with E-state index >= 15 is 0 Å². The summed E-state index contributed by atoms with van der Waals surface area (Å²) in [7, 11) is 0. The van der Waals surface area contributed by atoms with Gasteiger partial charge in [-0.3, -0.25) is 9.78 Å². The Hall–Kier alpha value is -3.66. The van der Waals surface area contributed by atoms with E-state index in [1.165, 1.54) is 0 Å². The molecule has 1 amide bonds. The van der Waals surface area contributed by atoms with Gasteiger partial charge < -0.3 is 10.1 Å². The number of ether oxygens (including phenoxy) is 1. The number of amides is 1. The van der Waals surface area contributed by atoms with Crippen molar-refractivity contribution < 1.29 is 9.53 Å². The van der Waals surface area contributed by atoms with E-state index in [1.807, 2.05) is 72.8 Å². The fourth-order valence-electron chi connectivity index (χ4n) is 2.80.